The third-order valence-corrected chi connectivity index (χ3v) is 2.79. The molecule has 15 heavy (non-hydrogen) atoms. The third-order valence-electron chi connectivity index (χ3n) is 1.94. The normalized spacial score (nSPS) is 13.3. The lowest BCUT2D eigenvalue weighted by Gasteiger charge is -2.19. The van der Waals surface area contributed by atoms with Gasteiger partial charge in [-0.2, -0.15) is 0 Å². The van der Waals surface area contributed by atoms with Gasteiger partial charge >= 0.3 is 0 Å². The molecule has 82 valence electrons. The summed E-state index contributed by atoms with van der Waals surface area (Å²) < 4.78 is 5.84. The Morgan fingerprint density at radius 1 is 1.27 bits per heavy atom. The maximum atomic E-state index is 5.84. The first-order valence-electron chi connectivity index (χ1n) is 5.09. The monoisotopic (exact) mass is 221 g/mol. The Labute approximate surface area is 92.9 Å². The smallest absolute Gasteiger partial charge is 0.242 e. The third kappa shape index (κ3) is 3.89. The minimum Gasteiger partial charge on any atom is -0.544 e. The molecule has 3 heteroatoms. The molecule has 0 bridgehead atoms. The SMILES string of the molecule is C=C[C@H](N)c1ccc(O[Si](C)(C)C)cc1. The zero-order valence-electron chi connectivity index (χ0n) is 9.66. The van der Waals surface area contributed by atoms with Crippen molar-refractivity contribution in [1.82, 2.24) is 0 Å². The Balaban J connectivity index is 2.77. The topological polar surface area (TPSA) is 35.2 Å². The second-order valence-corrected chi connectivity index (χ2v) is 8.97. The quantitative estimate of drug-likeness (QED) is 0.626. The lowest BCUT2D eigenvalue weighted by Crippen LogP contribution is -2.29. The van der Waals surface area contributed by atoms with E-state index in [1.54, 1.807) is 6.08 Å². The Bertz CT molecular complexity index is 326. The molecule has 2 N–H and O–H groups in total. The van der Waals surface area contributed by atoms with Crippen molar-refractivity contribution in [1.29, 1.82) is 0 Å². The van der Waals surface area contributed by atoms with E-state index >= 15 is 0 Å². The van der Waals surface area contributed by atoms with Crippen LogP contribution in [0.15, 0.2) is 36.9 Å². The molecule has 0 aromatic heterocycles. The lowest BCUT2D eigenvalue weighted by molar-refractivity contribution is 0.557. The summed E-state index contributed by atoms with van der Waals surface area (Å²) in [6, 6.07) is 7.82. The average Bonchev–Trinajstić information content (AvgIpc) is 2.15. The van der Waals surface area contributed by atoms with Crippen LogP contribution >= 0.6 is 0 Å². The molecule has 0 saturated heterocycles. The van der Waals surface area contributed by atoms with Gasteiger partial charge in [0, 0.05) is 6.04 Å². The molecule has 0 aliphatic carbocycles. The fourth-order valence-electron chi connectivity index (χ4n) is 1.25. The fourth-order valence-corrected chi connectivity index (χ4v) is 2.09. The molecule has 0 aliphatic heterocycles. The van der Waals surface area contributed by atoms with Crippen molar-refractivity contribution in [3.63, 3.8) is 0 Å². The highest BCUT2D eigenvalue weighted by Gasteiger charge is 2.15. The van der Waals surface area contributed by atoms with Gasteiger partial charge in [-0.25, -0.2) is 0 Å². The van der Waals surface area contributed by atoms with E-state index in [0.717, 1.165) is 11.3 Å². The second kappa shape index (κ2) is 4.64. The molecular weight excluding hydrogens is 202 g/mol. The molecule has 0 saturated carbocycles. The van der Waals surface area contributed by atoms with E-state index in [2.05, 4.69) is 26.2 Å². The van der Waals surface area contributed by atoms with Crippen LogP contribution in [0.5, 0.6) is 5.75 Å². The van der Waals surface area contributed by atoms with Crippen molar-refractivity contribution < 1.29 is 4.43 Å². The van der Waals surface area contributed by atoms with Crippen LogP contribution in [-0.2, 0) is 0 Å². The first-order chi connectivity index (χ1) is 6.92. The van der Waals surface area contributed by atoms with E-state index in [9.17, 15) is 0 Å². The van der Waals surface area contributed by atoms with Crippen LogP contribution in [0.2, 0.25) is 19.6 Å². The van der Waals surface area contributed by atoms with Gasteiger partial charge in [-0.3, -0.25) is 0 Å². The first kappa shape index (κ1) is 12.0. The Morgan fingerprint density at radius 3 is 2.20 bits per heavy atom. The summed E-state index contributed by atoms with van der Waals surface area (Å²) in [6.45, 7) is 10.2. The fraction of sp³-hybridized carbons (Fsp3) is 0.333. The molecule has 0 heterocycles. The number of rotatable bonds is 4. The summed E-state index contributed by atoms with van der Waals surface area (Å²) >= 11 is 0. The highest BCUT2D eigenvalue weighted by molar-refractivity contribution is 6.70. The molecule has 1 atom stereocenters. The van der Waals surface area contributed by atoms with Crippen LogP contribution < -0.4 is 10.2 Å². The highest BCUT2D eigenvalue weighted by Crippen LogP contribution is 2.19. The van der Waals surface area contributed by atoms with Crippen LogP contribution in [-0.4, -0.2) is 8.32 Å². The van der Waals surface area contributed by atoms with E-state index in [4.69, 9.17) is 10.2 Å². The molecule has 0 amide bonds. The van der Waals surface area contributed by atoms with E-state index in [0.29, 0.717) is 0 Å². The van der Waals surface area contributed by atoms with Crippen LogP contribution in [0.3, 0.4) is 0 Å². The number of hydrogen-bond donors (Lipinski definition) is 1. The van der Waals surface area contributed by atoms with Gasteiger partial charge in [0.15, 0.2) is 0 Å². The number of hydrogen-bond acceptors (Lipinski definition) is 2. The average molecular weight is 221 g/mol. The van der Waals surface area contributed by atoms with Crippen LogP contribution in [0, 0.1) is 0 Å². The summed E-state index contributed by atoms with van der Waals surface area (Å²) in [6.07, 6.45) is 1.73. The molecular formula is C12H19NOSi. The van der Waals surface area contributed by atoms with Gasteiger partial charge in [-0.1, -0.05) is 18.2 Å². The summed E-state index contributed by atoms with van der Waals surface area (Å²) in [5.74, 6) is 0.925. The van der Waals surface area contributed by atoms with E-state index < -0.39 is 8.32 Å². The predicted octanol–water partition coefficient (Wildman–Crippen LogP) is 3.09. The second-order valence-electron chi connectivity index (χ2n) is 4.54. The molecule has 2 nitrogen and oxygen atoms in total. The van der Waals surface area contributed by atoms with Crippen molar-refractivity contribution in [2.45, 2.75) is 25.7 Å². The zero-order valence-corrected chi connectivity index (χ0v) is 10.7. The molecule has 0 aliphatic rings. The molecule has 0 fully saturated rings. The maximum Gasteiger partial charge on any atom is 0.242 e. The van der Waals surface area contributed by atoms with Gasteiger partial charge < -0.3 is 10.2 Å². The minimum absolute atomic E-state index is 0.0917. The molecule has 0 spiro atoms. The van der Waals surface area contributed by atoms with Gasteiger partial charge in [-0.05, 0) is 37.3 Å². The largest absolute Gasteiger partial charge is 0.544 e. The molecule has 0 radical (unpaired) electrons. The number of nitrogens with two attached hydrogens (primary N) is 1. The van der Waals surface area contributed by atoms with Gasteiger partial charge in [0.25, 0.3) is 0 Å². The first-order valence-corrected chi connectivity index (χ1v) is 8.50. The summed E-state index contributed by atoms with van der Waals surface area (Å²) in [7, 11) is -1.50. The van der Waals surface area contributed by atoms with E-state index in [1.165, 1.54) is 0 Å². The predicted molar refractivity (Wildman–Crippen MR) is 67.5 cm³/mol. The van der Waals surface area contributed by atoms with Crippen molar-refractivity contribution in [2.75, 3.05) is 0 Å². The van der Waals surface area contributed by atoms with Crippen LogP contribution in [0.4, 0.5) is 0 Å². The van der Waals surface area contributed by atoms with Crippen molar-refractivity contribution >= 4 is 8.32 Å². The Morgan fingerprint density at radius 2 is 1.80 bits per heavy atom. The van der Waals surface area contributed by atoms with Gasteiger partial charge in [0.2, 0.25) is 8.32 Å². The van der Waals surface area contributed by atoms with E-state index in [-0.39, 0.29) is 6.04 Å². The zero-order chi connectivity index (χ0) is 11.5. The molecule has 1 aromatic rings. The molecule has 0 unspecified atom stereocenters. The van der Waals surface area contributed by atoms with Crippen LogP contribution in [0.1, 0.15) is 11.6 Å². The van der Waals surface area contributed by atoms with Crippen molar-refractivity contribution in [3.05, 3.63) is 42.5 Å². The Hall–Kier alpha value is -1.06. The lowest BCUT2D eigenvalue weighted by atomic mass is 10.1. The number of benzene rings is 1. The van der Waals surface area contributed by atoms with Gasteiger partial charge in [0.1, 0.15) is 5.75 Å². The minimum atomic E-state index is -1.50. The highest BCUT2D eigenvalue weighted by atomic mass is 28.4. The van der Waals surface area contributed by atoms with Crippen molar-refractivity contribution in [3.8, 4) is 5.75 Å². The van der Waals surface area contributed by atoms with Gasteiger partial charge in [-0.15, -0.1) is 6.58 Å². The molecule has 1 rings (SSSR count). The van der Waals surface area contributed by atoms with E-state index in [1.807, 2.05) is 24.3 Å². The van der Waals surface area contributed by atoms with Gasteiger partial charge in [0.05, 0.1) is 0 Å². The molecule has 1 aromatic carbocycles. The standard InChI is InChI=1S/C12H19NOSi/c1-5-12(13)10-6-8-11(9-7-10)14-15(2,3)4/h5-9,12H,1,13H2,2-4H3/t12-/m0/s1. The maximum absolute atomic E-state index is 5.84. The van der Waals surface area contributed by atoms with Crippen LogP contribution in [0.25, 0.3) is 0 Å². The summed E-state index contributed by atoms with van der Waals surface area (Å²) in [5.41, 5.74) is 6.88. The van der Waals surface area contributed by atoms with Crippen molar-refractivity contribution in [2.24, 2.45) is 5.73 Å². The summed E-state index contributed by atoms with van der Waals surface area (Å²) in [4.78, 5) is 0. The Kier molecular flexibility index (Phi) is 3.71. The summed E-state index contributed by atoms with van der Waals surface area (Å²) in [5, 5.41) is 0.